The molecule has 188 valence electrons. The Morgan fingerprint density at radius 2 is 1.65 bits per heavy atom. The van der Waals surface area contributed by atoms with Crippen molar-refractivity contribution in [3.05, 3.63) is 99.4 Å². The average Bonchev–Trinajstić information content (AvgIpc) is 3.09. The van der Waals surface area contributed by atoms with Gasteiger partial charge in [0, 0.05) is 11.4 Å². The van der Waals surface area contributed by atoms with Crippen molar-refractivity contribution in [2.24, 2.45) is 0 Å². The molecule has 1 aliphatic heterocycles. The lowest BCUT2D eigenvalue weighted by molar-refractivity contribution is -0.120. The van der Waals surface area contributed by atoms with E-state index < -0.39 is 23.6 Å². The molecule has 0 saturated heterocycles. The van der Waals surface area contributed by atoms with Crippen LogP contribution in [-0.2, 0) is 25.5 Å². The van der Waals surface area contributed by atoms with E-state index in [1.165, 1.54) is 43.5 Å². The number of rotatable bonds is 7. The molecule has 0 bridgehead atoms. The summed E-state index contributed by atoms with van der Waals surface area (Å²) < 4.78 is 18.0. The van der Waals surface area contributed by atoms with Crippen LogP contribution in [0.4, 0.5) is 21.5 Å². The number of methoxy groups -OCH3 is 1. The van der Waals surface area contributed by atoms with Gasteiger partial charge in [-0.25, -0.2) is 14.1 Å². The first kappa shape index (κ1) is 25.9. The maximum Gasteiger partial charge on any atom is 0.337 e. The lowest BCUT2D eigenvalue weighted by Crippen LogP contribution is -2.32. The molecule has 11 heteroatoms. The van der Waals surface area contributed by atoms with E-state index in [2.05, 4.69) is 15.4 Å². The third-order valence-electron chi connectivity index (χ3n) is 5.34. The van der Waals surface area contributed by atoms with Crippen LogP contribution in [0.3, 0.4) is 0 Å². The Morgan fingerprint density at radius 1 is 0.946 bits per heavy atom. The first-order valence-electron chi connectivity index (χ1n) is 10.8. The Bertz CT molecular complexity index is 1460. The largest absolute Gasteiger partial charge is 0.465 e. The fraction of sp³-hybridized carbons (Fsp3) is 0.0769. The quantitative estimate of drug-likeness (QED) is 0.326. The van der Waals surface area contributed by atoms with Gasteiger partial charge < -0.3 is 15.4 Å². The van der Waals surface area contributed by atoms with Crippen LogP contribution in [0, 0.1) is 5.82 Å². The predicted molar refractivity (Wildman–Crippen MR) is 137 cm³/mol. The molecule has 0 radical (unpaired) electrons. The van der Waals surface area contributed by atoms with Crippen LogP contribution in [0.15, 0.2) is 77.5 Å². The van der Waals surface area contributed by atoms with E-state index in [-0.39, 0.29) is 39.3 Å². The molecule has 37 heavy (non-hydrogen) atoms. The van der Waals surface area contributed by atoms with Crippen molar-refractivity contribution in [1.29, 1.82) is 0 Å². The molecule has 3 aromatic rings. The smallest absolute Gasteiger partial charge is 0.337 e. The van der Waals surface area contributed by atoms with Gasteiger partial charge >= 0.3 is 5.97 Å². The Balaban J connectivity index is 1.43. The molecule has 3 aromatic carbocycles. The topological polar surface area (TPSA) is 105 Å². The molecule has 3 amide bonds. The molecule has 0 spiro atoms. The number of benzene rings is 3. The van der Waals surface area contributed by atoms with Crippen LogP contribution in [0.5, 0.6) is 0 Å². The zero-order chi connectivity index (χ0) is 26.7. The monoisotopic (exact) mass is 541 g/mol. The molecule has 0 aliphatic carbocycles. The highest BCUT2D eigenvalue weighted by atomic mass is 35.5. The van der Waals surface area contributed by atoms with E-state index in [1.54, 1.807) is 24.3 Å². The summed E-state index contributed by atoms with van der Waals surface area (Å²) in [7, 11) is 1.22. The third-order valence-corrected chi connectivity index (χ3v) is 5.98. The summed E-state index contributed by atoms with van der Waals surface area (Å²) >= 11 is 11.9. The van der Waals surface area contributed by atoms with E-state index in [0.717, 1.165) is 11.0 Å². The summed E-state index contributed by atoms with van der Waals surface area (Å²) in [6, 6.07) is 16.3. The van der Waals surface area contributed by atoms with E-state index >= 15 is 0 Å². The van der Waals surface area contributed by atoms with Gasteiger partial charge in [-0.1, -0.05) is 41.4 Å². The van der Waals surface area contributed by atoms with Crippen LogP contribution in [0.25, 0.3) is 0 Å². The standard InChI is InChI=1S/C26H18Cl2FN3O5/c1-37-26(36)15-3-2-4-18(12-15)32-24(34)22(28)23(25(32)35)31-16-7-5-14(6-8-16)11-21(33)30-17-9-10-20(29)19(27)13-17/h2-10,12-13,31H,11H2,1H3,(H,30,33). The number of halogens is 3. The highest BCUT2D eigenvalue weighted by Gasteiger charge is 2.39. The van der Waals surface area contributed by atoms with Crippen molar-refractivity contribution in [1.82, 2.24) is 0 Å². The van der Waals surface area contributed by atoms with Gasteiger partial charge in [-0.05, 0) is 54.1 Å². The van der Waals surface area contributed by atoms with Gasteiger partial charge in [0.05, 0.1) is 29.8 Å². The normalized spacial score (nSPS) is 13.1. The number of nitrogens with one attached hydrogen (secondary N) is 2. The molecule has 1 heterocycles. The number of hydrogen-bond acceptors (Lipinski definition) is 6. The molecule has 8 nitrogen and oxygen atoms in total. The van der Waals surface area contributed by atoms with Crippen molar-refractivity contribution in [3.63, 3.8) is 0 Å². The van der Waals surface area contributed by atoms with Crippen LogP contribution < -0.4 is 15.5 Å². The number of nitrogens with zero attached hydrogens (tertiary/aromatic N) is 1. The minimum absolute atomic E-state index is 0.0282. The molecule has 2 N–H and O–H groups in total. The average molecular weight is 542 g/mol. The molecule has 0 saturated carbocycles. The first-order chi connectivity index (χ1) is 17.7. The van der Waals surface area contributed by atoms with Crippen molar-refractivity contribution in [2.75, 3.05) is 22.6 Å². The molecule has 1 aliphatic rings. The summed E-state index contributed by atoms with van der Waals surface area (Å²) in [5.41, 5.74) is 1.67. The fourth-order valence-corrected chi connectivity index (χ4v) is 3.94. The lowest BCUT2D eigenvalue weighted by Gasteiger charge is -2.16. The Morgan fingerprint density at radius 3 is 2.32 bits per heavy atom. The SMILES string of the molecule is COC(=O)c1cccc(N2C(=O)C(Cl)=C(Nc3ccc(CC(=O)Nc4ccc(F)c(Cl)c4)cc3)C2=O)c1. The van der Waals surface area contributed by atoms with E-state index in [0.29, 0.717) is 16.9 Å². The van der Waals surface area contributed by atoms with E-state index in [9.17, 15) is 23.6 Å². The molecule has 0 fully saturated rings. The first-order valence-corrected chi connectivity index (χ1v) is 11.5. The summed E-state index contributed by atoms with van der Waals surface area (Å²) in [6.45, 7) is 0. The second-order valence-corrected chi connectivity index (χ2v) is 8.64. The van der Waals surface area contributed by atoms with Crippen LogP contribution in [-0.4, -0.2) is 30.8 Å². The Hall–Kier alpha value is -4.21. The maximum atomic E-state index is 13.3. The predicted octanol–water partition coefficient (Wildman–Crippen LogP) is 4.88. The molecule has 0 unspecified atom stereocenters. The second kappa shape index (κ2) is 10.8. The fourth-order valence-electron chi connectivity index (χ4n) is 3.55. The van der Waals surface area contributed by atoms with Crippen molar-refractivity contribution in [2.45, 2.75) is 6.42 Å². The molecule has 0 atom stereocenters. The minimum atomic E-state index is -0.745. The zero-order valence-corrected chi connectivity index (χ0v) is 20.7. The highest BCUT2D eigenvalue weighted by molar-refractivity contribution is 6.53. The summed E-state index contributed by atoms with van der Waals surface area (Å²) in [5.74, 6) is -2.98. The Kier molecular flexibility index (Phi) is 7.56. The van der Waals surface area contributed by atoms with Gasteiger partial charge in [-0.15, -0.1) is 0 Å². The highest BCUT2D eigenvalue weighted by Crippen LogP contribution is 2.31. The zero-order valence-electron chi connectivity index (χ0n) is 19.2. The molecule has 0 aromatic heterocycles. The molecule has 4 rings (SSSR count). The van der Waals surface area contributed by atoms with Gasteiger partial charge in [0.15, 0.2) is 0 Å². The Labute approximate surface area is 220 Å². The van der Waals surface area contributed by atoms with E-state index in [1.807, 2.05) is 0 Å². The number of carbonyl (C=O) groups excluding carboxylic acids is 4. The van der Waals surface area contributed by atoms with Crippen molar-refractivity contribution >= 4 is 64.0 Å². The van der Waals surface area contributed by atoms with Crippen LogP contribution >= 0.6 is 23.2 Å². The third kappa shape index (κ3) is 5.63. The van der Waals surface area contributed by atoms with E-state index in [4.69, 9.17) is 23.2 Å². The number of hydrogen-bond donors (Lipinski definition) is 2. The number of imide groups is 1. The van der Waals surface area contributed by atoms with Crippen molar-refractivity contribution < 1.29 is 28.3 Å². The number of ether oxygens (including phenoxy) is 1. The number of anilines is 3. The summed E-state index contributed by atoms with van der Waals surface area (Å²) in [4.78, 5) is 50.7. The second-order valence-electron chi connectivity index (χ2n) is 7.85. The summed E-state index contributed by atoms with van der Waals surface area (Å²) in [5, 5.41) is 5.07. The summed E-state index contributed by atoms with van der Waals surface area (Å²) in [6.07, 6.45) is 0.0282. The molecular formula is C26H18Cl2FN3O5. The van der Waals surface area contributed by atoms with Crippen LogP contribution in [0.1, 0.15) is 15.9 Å². The number of esters is 1. The van der Waals surface area contributed by atoms with Gasteiger partial charge in [0.1, 0.15) is 16.5 Å². The van der Waals surface area contributed by atoms with Gasteiger partial charge in [-0.3, -0.25) is 14.4 Å². The molecular weight excluding hydrogens is 524 g/mol. The van der Waals surface area contributed by atoms with Crippen molar-refractivity contribution in [3.8, 4) is 0 Å². The van der Waals surface area contributed by atoms with Gasteiger partial charge in [0.2, 0.25) is 5.91 Å². The number of amides is 3. The van der Waals surface area contributed by atoms with Gasteiger partial charge in [-0.2, -0.15) is 0 Å². The minimum Gasteiger partial charge on any atom is -0.465 e. The maximum absolute atomic E-state index is 13.3. The van der Waals surface area contributed by atoms with Crippen LogP contribution in [0.2, 0.25) is 5.02 Å². The lowest BCUT2D eigenvalue weighted by atomic mass is 10.1. The number of carbonyl (C=O) groups is 4. The van der Waals surface area contributed by atoms with Gasteiger partial charge in [0.25, 0.3) is 11.8 Å².